The first-order valence-electron chi connectivity index (χ1n) is 10.5. The summed E-state index contributed by atoms with van der Waals surface area (Å²) in [5.74, 6) is 0. The molecule has 0 aromatic rings. The topological polar surface area (TPSA) is 34.2 Å². The molecule has 25 heavy (non-hydrogen) atoms. The summed E-state index contributed by atoms with van der Waals surface area (Å²) in [5, 5.41) is 0. The zero-order chi connectivity index (χ0) is 17.8. The smallest absolute Gasteiger partial charge is 0.372 e. The maximum atomic E-state index is 6.09. The Hall–Kier alpha value is 0.0169. The average molecular weight is 373 g/mol. The zero-order valence-electron chi connectivity index (χ0n) is 16.6. The Morgan fingerprint density at radius 1 is 0.680 bits per heavy atom. The number of nitrogens with zero attached hydrogens (tertiary/aromatic N) is 2. The van der Waals surface area contributed by atoms with Gasteiger partial charge in [0.05, 0.1) is 19.8 Å². The first kappa shape index (κ1) is 21.3. The fourth-order valence-corrected chi connectivity index (χ4v) is 6.25. The minimum atomic E-state index is -2.36. The van der Waals surface area contributed by atoms with Gasteiger partial charge in [0.25, 0.3) is 0 Å². The van der Waals surface area contributed by atoms with Crippen LogP contribution in [-0.2, 0) is 13.3 Å². The molecule has 0 unspecified atom stereocenters. The first-order chi connectivity index (χ1) is 12.2. The molecular weight excluding hydrogens is 332 g/mol. The van der Waals surface area contributed by atoms with Crippen LogP contribution < -0.4 is 0 Å². The van der Waals surface area contributed by atoms with Crippen molar-refractivity contribution in [1.82, 2.24) is 9.80 Å². The Bertz CT molecular complexity index is 318. The van der Waals surface area contributed by atoms with E-state index in [0.717, 1.165) is 45.5 Å². The van der Waals surface area contributed by atoms with E-state index in [4.69, 9.17) is 13.3 Å². The molecule has 0 aromatic heterocycles. The summed E-state index contributed by atoms with van der Waals surface area (Å²) in [7, 11) is 1.96. The van der Waals surface area contributed by atoms with Crippen LogP contribution in [-0.4, -0.2) is 78.7 Å². The second-order valence-corrected chi connectivity index (χ2v) is 10.5. The summed E-state index contributed by atoms with van der Waals surface area (Å²) >= 11 is 0. The second kappa shape index (κ2) is 12.4. The van der Waals surface area contributed by atoms with E-state index in [1.807, 2.05) is 0 Å². The number of hydrogen-bond donors (Lipinski definition) is 0. The van der Waals surface area contributed by atoms with Crippen molar-refractivity contribution in [3.63, 3.8) is 0 Å². The van der Waals surface area contributed by atoms with Crippen LogP contribution in [0, 0.1) is 0 Å². The van der Waals surface area contributed by atoms with Crippen molar-refractivity contribution in [1.29, 1.82) is 0 Å². The SMILES string of the molecule is CN(C)CCCCCCCCCCC[Si]12OCCN(CCO1)CCO2. The minimum absolute atomic E-state index is 0.778. The highest BCUT2D eigenvalue weighted by molar-refractivity contribution is 6.60. The van der Waals surface area contributed by atoms with Gasteiger partial charge in [-0.25, -0.2) is 0 Å². The van der Waals surface area contributed by atoms with E-state index >= 15 is 0 Å². The number of hydrogen-bond acceptors (Lipinski definition) is 5. The highest BCUT2D eigenvalue weighted by Crippen LogP contribution is 2.23. The van der Waals surface area contributed by atoms with E-state index < -0.39 is 8.80 Å². The van der Waals surface area contributed by atoms with Crippen LogP contribution in [0.25, 0.3) is 0 Å². The normalized spacial score (nSPS) is 27.2. The van der Waals surface area contributed by atoms with Crippen LogP contribution in [0.3, 0.4) is 0 Å². The van der Waals surface area contributed by atoms with E-state index in [9.17, 15) is 0 Å². The van der Waals surface area contributed by atoms with Crippen LogP contribution >= 0.6 is 0 Å². The van der Waals surface area contributed by atoms with Crippen LogP contribution in [0.15, 0.2) is 0 Å². The molecule has 0 saturated carbocycles. The molecule has 0 spiro atoms. The van der Waals surface area contributed by atoms with E-state index in [1.165, 1.54) is 64.3 Å². The maximum Gasteiger partial charge on any atom is 0.501 e. The summed E-state index contributed by atoms with van der Waals surface area (Å²) in [6.45, 7) is 6.68. The first-order valence-corrected chi connectivity index (χ1v) is 12.4. The monoisotopic (exact) mass is 372 g/mol. The van der Waals surface area contributed by atoms with Gasteiger partial charge in [0.15, 0.2) is 0 Å². The largest absolute Gasteiger partial charge is 0.501 e. The molecule has 3 heterocycles. The molecular formula is C19H40N2O3Si. The van der Waals surface area contributed by atoms with Gasteiger partial charge in [-0.1, -0.05) is 44.9 Å². The van der Waals surface area contributed by atoms with Gasteiger partial charge in [-0.05, 0) is 33.5 Å². The molecule has 3 saturated heterocycles. The molecule has 0 N–H and O–H groups in total. The lowest BCUT2D eigenvalue weighted by Crippen LogP contribution is -2.54. The van der Waals surface area contributed by atoms with Gasteiger partial charge in [0.1, 0.15) is 0 Å². The summed E-state index contributed by atoms with van der Waals surface area (Å²) in [6, 6.07) is 1.01. The van der Waals surface area contributed by atoms with Crippen molar-refractivity contribution in [3.05, 3.63) is 0 Å². The van der Waals surface area contributed by atoms with Crippen LogP contribution in [0.5, 0.6) is 0 Å². The predicted octanol–water partition coefficient (Wildman–Crippen LogP) is 3.38. The predicted molar refractivity (Wildman–Crippen MR) is 105 cm³/mol. The third-order valence-corrected chi connectivity index (χ3v) is 8.17. The van der Waals surface area contributed by atoms with Gasteiger partial charge in [-0.15, -0.1) is 0 Å². The Morgan fingerprint density at radius 2 is 1.12 bits per heavy atom. The second-order valence-electron chi connectivity index (χ2n) is 7.81. The van der Waals surface area contributed by atoms with Crippen molar-refractivity contribution in [2.45, 2.75) is 63.8 Å². The summed E-state index contributed by atoms with van der Waals surface area (Å²) in [5.41, 5.74) is 0. The van der Waals surface area contributed by atoms with E-state index in [0.29, 0.717) is 0 Å². The zero-order valence-corrected chi connectivity index (χ0v) is 17.6. The number of fused-ring (bicyclic) bond motifs is 6. The molecule has 0 radical (unpaired) electrons. The van der Waals surface area contributed by atoms with Crippen LogP contribution in [0.4, 0.5) is 0 Å². The summed E-state index contributed by atoms with van der Waals surface area (Å²) in [6.07, 6.45) is 12.1. The third-order valence-electron chi connectivity index (χ3n) is 5.28. The summed E-state index contributed by atoms with van der Waals surface area (Å²) < 4.78 is 18.3. The maximum absolute atomic E-state index is 6.09. The highest BCUT2D eigenvalue weighted by atomic mass is 28.4. The number of rotatable bonds is 12. The van der Waals surface area contributed by atoms with Crippen LogP contribution in [0.2, 0.25) is 6.04 Å². The van der Waals surface area contributed by atoms with Crippen LogP contribution in [0.1, 0.15) is 57.8 Å². The molecule has 6 heteroatoms. The Morgan fingerprint density at radius 3 is 1.60 bits per heavy atom. The lowest BCUT2D eigenvalue weighted by atomic mass is 10.1. The van der Waals surface area contributed by atoms with E-state index in [-0.39, 0.29) is 0 Å². The van der Waals surface area contributed by atoms with Gasteiger partial charge in [-0.3, -0.25) is 4.90 Å². The molecule has 0 aromatic carbocycles. The molecule has 2 bridgehead atoms. The van der Waals surface area contributed by atoms with Crippen molar-refractivity contribution in [2.75, 3.05) is 60.1 Å². The Kier molecular flexibility index (Phi) is 10.6. The Labute approximate surface area is 156 Å². The van der Waals surface area contributed by atoms with Gasteiger partial charge in [0, 0.05) is 25.7 Å². The molecule has 3 aliphatic rings. The van der Waals surface area contributed by atoms with Crippen molar-refractivity contribution in [2.24, 2.45) is 0 Å². The van der Waals surface area contributed by atoms with E-state index in [1.54, 1.807) is 0 Å². The van der Waals surface area contributed by atoms with Crippen molar-refractivity contribution < 1.29 is 13.3 Å². The van der Waals surface area contributed by atoms with Crippen molar-refractivity contribution in [3.8, 4) is 0 Å². The molecule has 0 aliphatic carbocycles. The fourth-order valence-electron chi connectivity index (χ4n) is 3.67. The minimum Gasteiger partial charge on any atom is -0.372 e. The average Bonchev–Trinajstić information content (AvgIpc) is 2.52. The molecule has 148 valence electrons. The standard InChI is InChI=1S/C19H40N2O3Si/c1-20(2)12-10-8-6-4-3-5-7-9-11-19-25-22-16-13-21(14-17-23-25)15-18-24-25/h3-19H2,1-2H3. The lowest BCUT2D eigenvalue weighted by molar-refractivity contribution is -0.00860. The number of unbranched alkanes of at least 4 members (excludes halogenated alkanes) is 8. The summed E-state index contributed by atoms with van der Waals surface area (Å²) in [4.78, 5) is 4.65. The van der Waals surface area contributed by atoms with Gasteiger partial charge in [-0.2, -0.15) is 0 Å². The molecule has 5 nitrogen and oxygen atoms in total. The molecule has 3 aliphatic heterocycles. The Balaban J connectivity index is 1.46. The quantitative estimate of drug-likeness (QED) is 0.387. The highest BCUT2D eigenvalue weighted by Gasteiger charge is 2.43. The third kappa shape index (κ3) is 8.97. The molecule has 0 amide bonds. The fraction of sp³-hybridized carbons (Fsp3) is 1.00. The molecule has 3 rings (SSSR count). The molecule has 3 fully saturated rings. The van der Waals surface area contributed by atoms with Crippen molar-refractivity contribution >= 4 is 8.80 Å². The molecule has 0 atom stereocenters. The van der Waals surface area contributed by atoms with Gasteiger partial charge in [0.2, 0.25) is 0 Å². The van der Waals surface area contributed by atoms with Gasteiger partial charge >= 0.3 is 8.80 Å². The van der Waals surface area contributed by atoms with Gasteiger partial charge < -0.3 is 18.2 Å². The lowest BCUT2D eigenvalue weighted by Gasteiger charge is -2.38. The van der Waals surface area contributed by atoms with E-state index in [2.05, 4.69) is 23.9 Å².